The molecule has 1 unspecified atom stereocenters. The van der Waals surface area contributed by atoms with Crippen molar-refractivity contribution in [2.24, 2.45) is 5.73 Å². The molecule has 0 radical (unpaired) electrons. The summed E-state index contributed by atoms with van der Waals surface area (Å²) in [4.78, 5) is 12.8. The maximum Gasteiger partial charge on any atom is 0.268 e. The number of nitrogens with two attached hydrogens (primary N) is 1. The number of Topliss-reactive ketones (excluding diaryl/α,β-unsaturated/α-hetero) is 1. The van der Waals surface area contributed by atoms with E-state index in [1.165, 1.54) is 11.1 Å². The van der Waals surface area contributed by atoms with E-state index in [0.29, 0.717) is 28.6 Å². The molecule has 1 heterocycles. The third-order valence-electron chi connectivity index (χ3n) is 4.80. The molecular weight excluding hydrogens is 352 g/mol. The van der Waals surface area contributed by atoms with E-state index in [-0.39, 0.29) is 10.7 Å². The summed E-state index contributed by atoms with van der Waals surface area (Å²) in [5.74, 6) is 0.176. The minimum absolute atomic E-state index is 0.193. The van der Waals surface area contributed by atoms with E-state index >= 15 is 0 Å². The fourth-order valence-corrected chi connectivity index (χ4v) is 4.85. The molecule has 0 aliphatic heterocycles. The predicted octanol–water partition coefficient (Wildman–Crippen LogP) is 2.26. The molecule has 1 aromatic heterocycles. The van der Waals surface area contributed by atoms with Gasteiger partial charge in [0.1, 0.15) is 5.75 Å². The largest absolute Gasteiger partial charge is 0.496 e. The number of methoxy groups -OCH3 is 1. The van der Waals surface area contributed by atoms with E-state index in [0.717, 1.165) is 11.1 Å². The van der Waals surface area contributed by atoms with Gasteiger partial charge in [-0.15, -0.1) is 0 Å². The number of carbonyl (C=O) groups is 1. The Bertz CT molecular complexity index is 1140. The highest BCUT2D eigenvalue weighted by atomic mass is 32.2. The van der Waals surface area contributed by atoms with Gasteiger partial charge in [-0.3, -0.25) is 4.79 Å². The molecule has 2 N–H and O–H groups in total. The van der Waals surface area contributed by atoms with Crippen LogP contribution in [0.3, 0.4) is 0 Å². The summed E-state index contributed by atoms with van der Waals surface area (Å²) in [7, 11) is -2.31. The second-order valence-corrected chi connectivity index (χ2v) is 8.29. The first-order chi connectivity index (χ1) is 12.3. The molecule has 134 valence electrons. The standard InChI is InChI=1S/C19H18N2O4S/c1-11-3-5-13(6-4-11)26(23,24)21-10-12-9-14(20)19(22)18-16(25-2)8-7-15(21)17(12)18/h3-8,10,14H,9,20H2,1-2H3. The van der Waals surface area contributed by atoms with Crippen molar-refractivity contribution in [3.8, 4) is 5.75 Å². The van der Waals surface area contributed by atoms with Gasteiger partial charge in [0.25, 0.3) is 10.0 Å². The Morgan fingerprint density at radius 2 is 1.85 bits per heavy atom. The Morgan fingerprint density at radius 3 is 2.50 bits per heavy atom. The van der Waals surface area contributed by atoms with Gasteiger partial charge in [0.15, 0.2) is 5.78 Å². The highest BCUT2D eigenvalue weighted by molar-refractivity contribution is 7.90. The minimum Gasteiger partial charge on any atom is -0.496 e. The van der Waals surface area contributed by atoms with E-state index in [1.54, 1.807) is 42.6 Å². The predicted molar refractivity (Wildman–Crippen MR) is 98.3 cm³/mol. The zero-order valence-corrected chi connectivity index (χ0v) is 15.2. The van der Waals surface area contributed by atoms with Crippen LogP contribution in [0, 0.1) is 6.92 Å². The lowest BCUT2D eigenvalue weighted by atomic mass is 9.88. The lowest BCUT2D eigenvalue weighted by molar-refractivity contribution is 0.0956. The van der Waals surface area contributed by atoms with Crippen LogP contribution in [0.1, 0.15) is 21.5 Å². The van der Waals surface area contributed by atoms with Crippen molar-refractivity contribution in [3.63, 3.8) is 0 Å². The van der Waals surface area contributed by atoms with Gasteiger partial charge in [-0.05, 0) is 43.2 Å². The van der Waals surface area contributed by atoms with Crippen LogP contribution >= 0.6 is 0 Å². The van der Waals surface area contributed by atoms with Crippen molar-refractivity contribution < 1.29 is 17.9 Å². The topological polar surface area (TPSA) is 91.4 Å². The lowest BCUT2D eigenvalue weighted by Gasteiger charge is -2.19. The molecule has 0 saturated heterocycles. The van der Waals surface area contributed by atoms with Gasteiger partial charge < -0.3 is 10.5 Å². The molecule has 6 nitrogen and oxygen atoms in total. The fourth-order valence-electron chi connectivity index (χ4n) is 3.46. The maximum atomic E-state index is 13.2. The van der Waals surface area contributed by atoms with Gasteiger partial charge in [-0.2, -0.15) is 0 Å². The quantitative estimate of drug-likeness (QED) is 0.764. The molecule has 7 heteroatoms. The van der Waals surface area contributed by atoms with E-state index < -0.39 is 16.1 Å². The van der Waals surface area contributed by atoms with E-state index in [1.807, 2.05) is 6.92 Å². The van der Waals surface area contributed by atoms with Crippen LogP contribution in [0.25, 0.3) is 10.9 Å². The number of benzene rings is 2. The first-order valence-corrected chi connectivity index (χ1v) is 9.61. The Balaban J connectivity index is 2.03. The summed E-state index contributed by atoms with van der Waals surface area (Å²) < 4.78 is 32.8. The van der Waals surface area contributed by atoms with E-state index in [2.05, 4.69) is 0 Å². The molecular formula is C19H18N2O4S. The molecule has 26 heavy (non-hydrogen) atoms. The second-order valence-electron chi connectivity index (χ2n) is 6.48. The molecule has 3 aromatic rings. The van der Waals surface area contributed by atoms with Gasteiger partial charge in [0, 0.05) is 11.6 Å². The van der Waals surface area contributed by atoms with Gasteiger partial charge in [0.05, 0.1) is 29.1 Å². The molecule has 0 saturated carbocycles. The minimum atomic E-state index is -3.79. The van der Waals surface area contributed by atoms with E-state index in [9.17, 15) is 13.2 Å². The van der Waals surface area contributed by atoms with Crippen LogP contribution in [0.15, 0.2) is 47.5 Å². The zero-order valence-electron chi connectivity index (χ0n) is 14.4. The summed E-state index contributed by atoms with van der Waals surface area (Å²) >= 11 is 0. The number of carbonyl (C=O) groups excluding carboxylic acids is 1. The van der Waals surface area contributed by atoms with E-state index in [4.69, 9.17) is 10.5 Å². The molecule has 0 bridgehead atoms. The number of hydrogen-bond donors (Lipinski definition) is 1. The Labute approximate surface area is 151 Å². The number of rotatable bonds is 3. The summed E-state index contributed by atoms with van der Waals surface area (Å²) in [5.41, 5.74) is 8.50. The number of ketones is 1. The maximum absolute atomic E-state index is 13.2. The average Bonchev–Trinajstić information content (AvgIpc) is 2.99. The number of aryl methyl sites for hydroxylation is 1. The summed E-state index contributed by atoms with van der Waals surface area (Å²) in [6.07, 6.45) is 1.86. The molecule has 4 rings (SSSR count). The normalized spacial score (nSPS) is 16.9. The van der Waals surface area contributed by atoms with Crippen molar-refractivity contribution in [3.05, 3.63) is 59.3 Å². The van der Waals surface area contributed by atoms with Crippen LogP contribution < -0.4 is 10.5 Å². The second kappa shape index (κ2) is 5.69. The van der Waals surface area contributed by atoms with Crippen LogP contribution in [0.2, 0.25) is 0 Å². The van der Waals surface area contributed by atoms with Crippen LogP contribution in [0.5, 0.6) is 5.75 Å². The monoisotopic (exact) mass is 370 g/mol. The highest BCUT2D eigenvalue weighted by Gasteiger charge is 2.33. The Hall–Kier alpha value is -2.64. The number of hydrogen-bond acceptors (Lipinski definition) is 5. The molecule has 1 aliphatic carbocycles. The number of nitrogens with zero attached hydrogens (tertiary/aromatic N) is 1. The van der Waals surface area contributed by atoms with Gasteiger partial charge in [-0.1, -0.05) is 17.7 Å². The first-order valence-electron chi connectivity index (χ1n) is 8.17. The summed E-state index contributed by atoms with van der Waals surface area (Å²) in [6.45, 7) is 1.90. The lowest BCUT2D eigenvalue weighted by Crippen LogP contribution is -2.35. The molecule has 0 amide bonds. The van der Waals surface area contributed by atoms with Gasteiger partial charge in [-0.25, -0.2) is 12.4 Å². The van der Waals surface area contributed by atoms with Crippen molar-refractivity contribution in [2.75, 3.05) is 7.11 Å². The Morgan fingerprint density at radius 1 is 1.15 bits per heavy atom. The average molecular weight is 370 g/mol. The summed E-state index contributed by atoms with van der Waals surface area (Å²) in [6, 6.07) is 9.24. The van der Waals surface area contributed by atoms with Crippen LogP contribution in [0.4, 0.5) is 0 Å². The van der Waals surface area contributed by atoms with Crippen LogP contribution in [-0.2, 0) is 16.4 Å². The molecule has 0 fully saturated rings. The highest BCUT2D eigenvalue weighted by Crippen LogP contribution is 2.38. The van der Waals surface area contributed by atoms with Crippen LogP contribution in [-0.4, -0.2) is 31.3 Å². The number of ether oxygens (including phenoxy) is 1. The van der Waals surface area contributed by atoms with Gasteiger partial charge >= 0.3 is 0 Å². The number of aromatic nitrogens is 1. The summed E-state index contributed by atoms with van der Waals surface area (Å²) in [5, 5.41) is 0.603. The SMILES string of the molecule is COc1ccc2c3c(cn2S(=O)(=O)c2ccc(C)cc2)CC(N)C(=O)c13. The van der Waals surface area contributed by atoms with Gasteiger partial charge in [0.2, 0.25) is 0 Å². The molecule has 0 spiro atoms. The van der Waals surface area contributed by atoms with Crippen molar-refractivity contribution >= 4 is 26.7 Å². The fraction of sp³-hybridized carbons (Fsp3) is 0.211. The van der Waals surface area contributed by atoms with Crippen molar-refractivity contribution in [2.45, 2.75) is 24.3 Å². The third-order valence-corrected chi connectivity index (χ3v) is 6.49. The third kappa shape index (κ3) is 2.28. The molecule has 1 aliphatic rings. The zero-order chi connectivity index (χ0) is 18.6. The van der Waals surface area contributed by atoms with Crippen molar-refractivity contribution in [1.29, 1.82) is 0 Å². The first kappa shape index (κ1) is 16.8. The molecule has 2 aromatic carbocycles. The molecule has 1 atom stereocenters. The van der Waals surface area contributed by atoms with Crippen molar-refractivity contribution in [1.82, 2.24) is 3.97 Å². The Kier molecular flexibility index (Phi) is 3.68. The smallest absolute Gasteiger partial charge is 0.268 e.